The fourth-order valence-electron chi connectivity index (χ4n) is 4.75. The number of aliphatic carboxylic acids is 1. The molecule has 32 heavy (non-hydrogen) atoms. The molecule has 0 saturated carbocycles. The number of rotatable bonds is 9. The van der Waals surface area contributed by atoms with Crippen molar-refractivity contribution in [3.63, 3.8) is 0 Å². The van der Waals surface area contributed by atoms with Gasteiger partial charge in [0.05, 0.1) is 23.9 Å². The lowest BCUT2D eigenvalue weighted by molar-refractivity contribution is -0.154. The number of nitrogens with one attached hydrogen (secondary N) is 1. The van der Waals surface area contributed by atoms with E-state index in [1.54, 1.807) is 40.6 Å². The number of likely N-dealkylation sites (tertiary alicyclic amines) is 1. The summed E-state index contributed by atoms with van der Waals surface area (Å²) in [4.78, 5) is 41.7. The van der Waals surface area contributed by atoms with Gasteiger partial charge < -0.3 is 19.6 Å². The zero-order valence-corrected chi connectivity index (χ0v) is 19.8. The number of thioether (sulfide) groups is 1. The number of para-hydroxylation sites is 1. The number of amides is 2. The quantitative estimate of drug-likeness (QED) is 0.580. The van der Waals surface area contributed by atoms with Gasteiger partial charge in [0, 0.05) is 25.9 Å². The molecule has 2 fully saturated rings. The van der Waals surface area contributed by atoms with E-state index in [2.05, 4.69) is 5.32 Å². The largest absolute Gasteiger partial charge is 0.493 e. The molecule has 176 valence electrons. The molecule has 9 heteroatoms. The lowest BCUT2D eigenvalue weighted by atomic mass is 9.93. The number of piperidine rings is 1. The number of carboxylic acid groups (broad SMARTS) is 1. The van der Waals surface area contributed by atoms with Gasteiger partial charge in [0.15, 0.2) is 0 Å². The second-order valence-electron chi connectivity index (χ2n) is 8.20. The second kappa shape index (κ2) is 10.6. The van der Waals surface area contributed by atoms with Crippen LogP contribution in [-0.2, 0) is 9.59 Å². The smallest absolute Gasteiger partial charge is 0.326 e. The van der Waals surface area contributed by atoms with Crippen molar-refractivity contribution < 1.29 is 24.2 Å². The highest BCUT2D eigenvalue weighted by Gasteiger charge is 2.55. The molecule has 2 aliphatic heterocycles. The summed E-state index contributed by atoms with van der Waals surface area (Å²) in [7, 11) is 0. The van der Waals surface area contributed by atoms with Crippen molar-refractivity contribution in [2.24, 2.45) is 0 Å². The van der Waals surface area contributed by atoms with Crippen molar-refractivity contribution in [2.75, 3.05) is 31.7 Å². The van der Waals surface area contributed by atoms with E-state index in [1.807, 2.05) is 25.3 Å². The Morgan fingerprint density at radius 1 is 1.28 bits per heavy atom. The molecule has 0 aliphatic carbocycles. The van der Waals surface area contributed by atoms with Crippen LogP contribution in [0, 0.1) is 0 Å². The first-order chi connectivity index (χ1) is 15.4. The van der Waals surface area contributed by atoms with E-state index < -0.39 is 23.7 Å². The van der Waals surface area contributed by atoms with Crippen LogP contribution in [0.25, 0.3) is 0 Å². The summed E-state index contributed by atoms with van der Waals surface area (Å²) in [6, 6.07) is 5.93. The number of benzene rings is 1. The molecule has 2 unspecified atom stereocenters. The Morgan fingerprint density at radius 3 is 2.56 bits per heavy atom. The number of carboxylic acids is 1. The monoisotopic (exact) mass is 463 g/mol. The Bertz CT molecular complexity index is 841. The van der Waals surface area contributed by atoms with Crippen LogP contribution >= 0.6 is 11.8 Å². The van der Waals surface area contributed by atoms with Gasteiger partial charge in [-0.1, -0.05) is 19.1 Å². The van der Waals surface area contributed by atoms with Crippen LogP contribution in [0.4, 0.5) is 0 Å². The minimum Gasteiger partial charge on any atom is -0.493 e. The third-order valence-electron chi connectivity index (χ3n) is 6.33. The molecule has 8 nitrogen and oxygen atoms in total. The number of ether oxygens (including phenoxy) is 1. The third-order valence-corrected chi connectivity index (χ3v) is 6.97. The summed E-state index contributed by atoms with van der Waals surface area (Å²) < 4.78 is 5.62. The van der Waals surface area contributed by atoms with Gasteiger partial charge in [-0.25, -0.2) is 4.79 Å². The highest BCUT2D eigenvalue weighted by Crippen LogP contribution is 2.36. The Hall–Kier alpha value is -2.26. The van der Waals surface area contributed by atoms with Gasteiger partial charge in [-0.2, -0.15) is 11.8 Å². The summed E-state index contributed by atoms with van der Waals surface area (Å²) in [5, 5.41) is 13.3. The number of nitrogens with zero attached hydrogens (tertiary/aromatic N) is 2. The zero-order valence-electron chi connectivity index (χ0n) is 19.0. The average Bonchev–Trinajstić information content (AvgIpc) is 3.04. The molecule has 1 aromatic rings. The van der Waals surface area contributed by atoms with Crippen molar-refractivity contribution in [3.8, 4) is 5.75 Å². The second-order valence-corrected chi connectivity index (χ2v) is 9.19. The van der Waals surface area contributed by atoms with Crippen molar-refractivity contribution in [2.45, 2.75) is 57.3 Å². The molecular weight excluding hydrogens is 430 g/mol. The van der Waals surface area contributed by atoms with Crippen molar-refractivity contribution in [1.29, 1.82) is 0 Å². The van der Waals surface area contributed by atoms with Gasteiger partial charge in [-0.15, -0.1) is 0 Å². The van der Waals surface area contributed by atoms with Crippen LogP contribution in [0.2, 0.25) is 0 Å². The Labute approximate surface area is 193 Å². The maximum absolute atomic E-state index is 13.2. The SMILES string of the molecule is CCOc1ccccc1C(=O)N1CCC2(CC1)NC(CCSC)C(=O)N2C(CC)C(=O)O. The van der Waals surface area contributed by atoms with Gasteiger partial charge in [0.25, 0.3) is 5.91 Å². The summed E-state index contributed by atoms with van der Waals surface area (Å²) in [6.07, 6.45) is 3.95. The van der Waals surface area contributed by atoms with E-state index in [9.17, 15) is 19.5 Å². The normalized spacial score (nSPS) is 21.1. The van der Waals surface area contributed by atoms with Crippen LogP contribution in [0.5, 0.6) is 5.75 Å². The molecule has 1 spiro atoms. The molecule has 2 heterocycles. The summed E-state index contributed by atoms with van der Waals surface area (Å²) in [6.45, 7) is 5.00. The first-order valence-electron chi connectivity index (χ1n) is 11.2. The third kappa shape index (κ3) is 4.73. The van der Waals surface area contributed by atoms with Crippen molar-refractivity contribution in [1.82, 2.24) is 15.1 Å². The lowest BCUT2D eigenvalue weighted by Crippen LogP contribution is -2.63. The zero-order chi connectivity index (χ0) is 23.3. The minimum absolute atomic E-state index is 0.107. The number of carbonyl (C=O) groups excluding carboxylic acids is 2. The van der Waals surface area contributed by atoms with Crippen LogP contribution in [0.15, 0.2) is 24.3 Å². The molecule has 1 aromatic carbocycles. The summed E-state index contributed by atoms with van der Waals surface area (Å²) in [5.74, 6) is 0.135. The number of hydrogen-bond acceptors (Lipinski definition) is 6. The van der Waals surface area contributed by atoms with Gasteiger partial charge in [-0.05, 0) is 43.9 Å². The maximum atomic E-state index is 13.2. The Morgan fingerprint density at radius 2 is 1.97 bits per heavy atom. The molecule has 2 amide bonds. The highest BCUT2D eigenvalue weighted by atomic mass is 32.2. The van der Waals surface area contributed by atoms with Crippen LogP contribution < -0.4 is 10.1 Å². The fourth-order valence-corrected chi connectivity index (χ4v) is 5.22. The predicted molar refractivity (Wildman–Crippen MR) is 124 cm³/mol. The Kier molecular flexibility index (Phi) is 8.05. The highest BCUT2D eigenvalue weighted by molar-refractivity contribution is 7.98. The first kappa shape index (κ1) is 24.4. The van der Waals surface area contributed by atoms with E-state index in [0.717, 1.165) is 5.75 Å². The van der Waals surface area contributed by atoms with Crippen LogP contribution in [0.1, 0.15) is 49.9 Å². The average molecular weight is 464 g/mol. The van der Waals surface area contributed by atoms with E-state index >= 15 is 0 Å². The molecule has 2 aliphatic rings. The van der Waals surface area contributed by atoms with E-state index in [1.165, 1.54) is 0 Å². The topological polar surface area (TPSA) is 99.2 Å². The fraction of sp³-hybridized carbons (Fsp3) is 0.609. The van der Waals surface area contributed by atoms with Gasteiger partial charge in [0.2, 0.25) is 5.91 Å². The van der Waals surface area contributed by atoms with E-state index in [4.69, 9.17) is 4.74 Å². The van der Waals surface area contributed by atoms with Crippen molar-refractivity contribution in [3.05, 3.63) is 29.8 Å². The molecule has 2 atom stereocenters. The predicted octanol–water partition coefficient (Wildman–Crippen LogP) is 2.43. The molecule has 3 rings (SSSR count). The van der Waals surface area contributed by atoms with E-state index in [-0.39, 0.29) is 11.8 Å². The summed E-state index contributed by atoms with van der Waals surface area (Å²) in [5.41, 5.74) is -0.220. The molecule has 0 aromatic heterocycles. The maximum Gasteiger partial charge on any atom is 0.326 e. The number of hydrogen-bond donors (Lipinski definition) is 2. The lowest BCUT2D eigenvalue weighted by Gasteiger charge is -2.46. The van der Waals surface area contributed by atoms with Gasteiger partial charge in [-0.3, -0.25) is 14.9 Å². The molecule has 2 N–H and O–H groups in total. The van der Waals surface area contributed by atoms with Gasteiger partial charge >= 0.3 is 5.97 Å². The standard InChI is InChI=1S/C23H33N3O5S/c1-4-18(22(29)30)26-21(28)17(10-15-32-3)24-23(26)11-13-25(14-12-23)20(27)16-8-6-7-9-19(16)31-5-2/h6-9,17-18,24H,4-5,10-15H2,1-3H3,(H,29,30). The molecule has 0 bridgehead atoms. The first-order valence-corrected chi connectivity index (χ1v) is 12.6. The van der Waals surface area contributed by atoms with Crippen molar-refractivity contribution >= 4 is 29.5 Å². The number of carbonyl (C=O) groups is 3. The van der Waals surface area contributed by atoms with Crippen LogP contribution in [-0.4, -0.2) is 82.1 Å². The Balaban J connectivity index is 1.80. The molecule has 2 saturated heterocycles. The van der Waals surface area contributed by atoms with E-state index in [0.29, 0.717) is 56.7 Å². The molecular formula is C23H33N3O5S. The van der Waals surface area contributed by atoms with Crippen LogP contribution in [0.3, 0.4) is 0 Å². The van der Waals surface area contributed by atoms with Gasteiger partial charge in [0.1, 0.15) is 11.8 Å². The summed E-state index contributed by atoms with van der Waals surface area (Å²) >= 11 is 1.66. The minimum atomic E-state index is -0.989. The molecule has 0 radical (unpaired) electrons.